The number of thioether (sulfide) groups is 1. The maximum absolute atomic E-state index is 13.0. The van der Waals surface area contributed by atoms with E-state index in [4.69, 9.17) is 0 Å². The van der Waals surface area contributed by atoms with Gasteiger partial charge in [0.05, 0.1) is 0 Å². The zero-order valence-electron chi connectivity index (χ0n) is 15.9. The van der Waals surface area contributed by atoms with Crippen LogP contribution in [0.25, 0.3) is 0 Å². The number of amides is 2. The third kappa shape index (κ3) is 5.81. The molecule has 3 rings (SSSR count). The molecule has 1 fully saturated rings. The molecule has 2 atom stereocenters. The lowest BCUT2D eigenvalue weighted by atomic mass is 10.1. The highest BCUT2D eigenvalue weighted by molar-refractivity contribution is 7.99. The molecule has 2 amide bonds. The molecule has 148 valence electrons. The Labute approximate surface area is 168 Å². The lowest BCUT2D eigenvalue weighted by Crippen LogP contribution is -2.55. The number of anilines is 1. The van der Waals surface area contributed by atoms with Crippen LogP contribution in [0.2, 0.25) is 0 Å². The summed E-state index contributed by atoms with van der Waals surface area (Å²) in [5, 5.41) is 9.07. The van der Waals surface area contributed by atoms with Gasteiger partial charge in [-0.25, -0.2) is 4.39 Å². The van der Waals surface area contributed by atoms with Crippen molar-refractivity contribution >= 4 is 29.3 Å². The Bertz CT molecular complexity index is 857. The highest BCUT2D eigenvalue weighted by Crippen LogP contribution is 2.20. The first-order chi connectivity index (χ1) is 13.4. The molecule has 1 aliphatic rings. The molecule has 3 N–H and O–H groups in total. The van der Waals surface area contributed by atoms with Gasteiger partial charge >= 0.3 is 0 Å². The van der Waals surface area contributed by atoms with Gasteiger partial charge in [0.15, 0.2) is 0 Å². The van der Waals surface area contributed by atoms with E-state index >= 15 is 0 Å². The van der Waals surface area contributed by atoms with Gasteiger partial charge in [-0.15, -0.1) is 11.8 Å². The van der Waals surface area contributed by atoms with Crippen LogP contribution in [0.4, 0.5) is 10.1 Å². The molecule has 0 aromatic heterocycles. The van der Waals surface area contributed by atoms with Crippen LogP contribution in [0.15, 0.2) is 42.5 Å². The highest BCUT2D eigenvalue weighted by atomic mass is 32.2. The summed E-state index contributed by atoms with van der Waals surface area (Å²) in [4.78, 5) is 24.4. The van der Waals surface area contributed by atoms with Gasteiger partial charge < -0.3 is 10.6 Å². The summed E-state index contributed by atoms with van der Waals surface area (Å²) in [7, 11) is 0. The van der Waals surface area contributed by atoms with Crippen LogP contribution in [-0.2, 0) is 15.3 Å². The summed E-state index contributed by atoms with van der Waals surface area (Å²) in [6.07, 6.45) is 0.474. The minimum absolute atomic E-state index is 0.0839. The standard InChI is InChI=1S/C21H24FN3O2S/c1-13-3-8-17(9-14(13)2)23-19(26)10-18-11-20(27)25-21(24-18)28-12-15-4-6-16(22)7-5-15/h3-9,18,21,24H,10-12H2,1-2H3,(H,23,26)(H,25,27). The maximum Gasteiger partial charge on any atom is 0.225 e. The van der Waals surface area contributed by atoms with Gasteiger partial charge in [0, 0.05) is 30.3 Å². The van der Waals surface area contributed by atoms with Crippen molar-refractivity contribution in [1.29, 1.82) is 0 Å². The van der Waals surface area contributed by atoms with E-state index in [2.05, 4.69) is 16.0 Å². The Morgan fingerprint density at radius 3 is 2.64 bits per heavy atom. The molecule has 5 nitrogen and oxygen atoms in total. The molecule has 2 aromatic rings. The van der Waals surface area contributed by atoms with Crippen LogP contribution in [0.3, 0.4) is 0 Å². The van der Waals surface area contributed by atoms with Gasteiger partial charge in [0.1, 0.15) is 11.3 Å². The number of hydrogen-bond acceptors (Lipinski definition) is 4. The van der Waals surface area contributed by atoms with Gasteiger partial charge in [-0.05, 0) is 54.8 Å². The van der Waals surface area contributed by atoms with Gasteiger partial charge in [0.25, 0.3) is 0 Å². The topological polar surface area (TPSA) is 70.2 Å². The molecule has 1 saturated heterocycles. The number of aryl methyl sites for hydroxylation is 2. The van der Waals surface area contributed by atoms with Crippen LogP contribution in [0.1, 0.15) is 29.5 Å². The van der Waals surface area contributed by atoms with E-state index in [-0.39, 0.29) is 42.0 Å². The van der Waals surface area contributed by atoms with Crippen molar-refractivity contribution in [3.05, 3.63) is 65.0 Å². The SMILES string of the molecule is Cc1ccc(NC(=O)CC2CC(=O)NC(SCc3ccc(F)cc3)N2)cc1C. The van der Waals surface area contributed by atoms with Crippen molar-refractivity contribution in [3.63, 3.8) is 0 Å². The predicted molar refractivity (Wildman–Crippen MR) is 110 cm³/mol. The van der Waals surface area contributed by atoms with E-state index in [1.165, 1.54) is 29.5 Å². The lowest BCUT2D eigenvalue weighted by molar-refractivity contribution is -0.124. The fraction of sp³-hybridized carbons (Fsp3) is 0.333. The number of rotatable bonds is 6. The second-order valence-corrected chi connectivity index (χ2v) is 8.10. The van der Waals surface area contributed by atoms with Gasteiger partial charge in [-0.2, -0.15) is 0 Å². The quantitative estimate of drug-likeness (QED) is 0.693. The molecule has 0 bridgehead atoms. The van der Waals surface area contributed by atoms with E-state index in [0.29, 0.717) is 5.75 Å². The molecule has 1 heterocycles. The number of nitrogens with one attached hydrogen (secondary N) is 3. The molecule has 0 saturated carbocycles. The molecular weight excluding hydrogens is 377 g/mol. The van der Waals surface area contributed by atoms with Crippen molar-refractivity contribution in [3.8, 4) is 0 Å². The molecule has 2 aromatic carbocycles. The van der Waals surface area contributed by atoms with Crippen molar-refractivity contribution in [2.75, 3.05) is 5.32 Å². The first-order valence-corrected chi connectivity index (χ1v) is 10.2. The smallest absolute Gasteiger partial charge is 0.225 e. The molecule has 2 unspecified atom stereocenters. The van der Waals surface area contributed by atoms with Crippen molar-refractivity contribution in [1.82, 2.24) is 10.6 Å². The molecule has 0 radical (unpaired) electrons. The number of carbonyl (C=O) groups is 2. The number of carbonyl (C=O) groups excluding carboxylic acids is 2. The van der Waals surface area contributed by atoms with E-state index in [1.54, 1.807) is 12.1 Å². The highest BCUT2D eigenvalue weighted by Gasteiger charge is 2.27. The third-order valence-electron chi connectivity index (χ3n) is 4.66. The first-order valence-electron chi connectivity index (χ1n) is 9.17. The van der Waals surface area contributed by atoms with E-state index in [0.717, 1.165) is 16.8 Å². The Balaban J connectivity index is 1.51. The minimum Gasteiger partial charge on any atom is -0.332 e. The predicted octanol–water partition coefficient (Wildman–Crippen LogP) is 3.47. The third-order valence-corrected chi connectivity index (χ3v) is 5.75. The molecular formula is C21H24FN3O2S. The zero-order valence-corrected chi connectivity index (χ0v) is 16.7. The summed E-state index contributed by atoms with van der Waals surface area (Å²) < 4.78 is 13.0. The second-order valence-electron chi connectivity index (χ2n) is 7.00. The maximum atomic E-state index is 13.0. The van der Waals surface area contributed by atoms with Gasteiger partial charge in [-0.3, -0.25) is 14.9 Å². The summed E-state index contributed by atoms with van der Waals surface area (Å²) in [5.41, 5.74) is 3.73. The van der Waals surface area contributed by atoms with Crippen LogP contribution in [0, 0.1) is 19.7 Å². The van der Waals surface area contributed by atoms with Crippen LogP contribution in [0.5, 0.6) is 0 Å². The van der Waals surface area contributed by atoms with Crippen molar-refractivity contribution < 1.29 is 14.0 Å². The fourth-order valence-corrected chi connectivity index (χ4v) is 4.03. The van der Waals surface area contributed by atoms with Crippen LogP contribution < -0.4 is 16.0 Å². The summed E-state index contributed by atoms with van der Waals surface area (Å²) in [6, 6.07) is 11.8. The normalized spacial score (nSPS) is 19.2. The fourth-order valence-electron chi connectivity index (χ4n) is 2.98. The van der Waals surface area contributed by atoms with Crippen LogP contribution >= 0.6 is 11.8 Å². The molecule has 28 heavy (non-hydrogen) atoms. The summed E-state index contributed by atoms with van der Waals surface area (Å²) >= 11 is 1.50. The average Bonchev–Trinajstić information content (AvgIpc) is 2.64. The summed E-state index contributed by atoms with van der Waals surface area (Å²) in [5.74, 6) is 0.143. The van der Waals surface area contributed by atoms with E-state index in [1.807, 2.05) is 32.0 Å². The monoisotopic (exact) mass is 401 g/mol. The van der Waals surface area contributed by atoms with Crippen LogP contribution in [-0.4, -0.2) is 23.4 Å². The van der Waals surface area contributed by atoms with Gasteiger partial charge in [-0.1, -0.05) is 18.2 Å². The van der Waals surface area contributed by atoms with E-state index < -0.39 is 0 Å². The van der Waals surface area contributed by atoms with Crippen molar-refractivity contribution in [2.24, 2.45) is 0 Å². The number of benzene rings is 2. The van der Waals surface area contributed by atoms with Gasteiger partial charge in [0.2, 0.25) is 11.8 Å². The average molecular weight is 402 g/mol. The summed E-state index contributed by atoms with van der Waals surface area (Å²) in [6.45, 7) is 4.02. The minimum atomic E-state index is -0.286. The Morgan fingerprint density at radius 1 is 1.18 bits per heavy atom. The molecule has 0 spiro atoms. The second kappa shape index (κ2) is 9.21. The number of hydrogen-bond donors (Lipinski definition) is 3. The first kappa shape index (κ1) is 20.4. The zero-order chi connectivity index (χ0) is 20.1. The van der Waals surface area contributed by atoms with Crippen molar-refractivity contribution in [2.45, 2.75) is 44.0 Å². The van der Waals surface area contributed by atoms with E-state index in [9.17, 15) is 14.0 Å². The largest absolute Gasteiger partial charge is 0.332 e. The molecule has 1 aliphatic heterocycles. The Morgan fingerprint density at radius 2 is 1.93 bits per heavy atom. The number of halogens is 1. The Kier molecular flexibility index (Phi) is 6.70. The molecule has 0 aliphatic carbocycles. The molecule has 7 heteroatoms. The lowest BCUT2D eigenvalue weighted by Gasteiger charge is -2.31. The Hall–Kier alpha value is -2.38.